The molecule has 1 fully saturated rings. The molecule has 4 amide bonds. The molecule has 4 aromatic carbocycles. The van der Waals surface area contributed by atoms with Crippen LogP contribution in [0.25, 0.3) is 0 Å². The van der Waals surface area contributed by atoms with E-state index in [2.05, 4.69) is 41.2 Å². The number of carbonyl (C=O) groups excluding carboxylic acids is 4. The Morgan fingerprint density at radius 3 is 1.21 bits per heavy atom. The lowest BCUT2D eigenvalue weighted by Gasteiger charge is -2.25. The van der Waals surface area contributed by atoms with E-state index in [0.29, 0.717) is 24.2 Å². The molecule has 61 heavy (non-hydrogen) atoms. The summed E-state index contributed by atoms with van der Waals surface area (Å²) in [5.41, 5.74) is 4.77. The van der Waals surface area contributed by atoms with Crippen molar-refractivity contribution in [3.8, 4) is 0 Å². The molecule has 15 heteroatoms. The van der Waals surface area contributed by atoms with Gasteiger partial charge in [0.05, 0.1) is 24.7 Å². The molecule has 1 aliphatic rings. The predicted molar refractivity (Wildman–Crippen MR) is 224 cm³/mol. The van der Waals surface area contributed by atoms with E-state index >= 15 is 0 Å². The molecule has 0 bridgehead atoms. The third-order valence-electron chi connectivity index (χ3n) is 10.2. The van der Waals surface area contributed by atoms with Gasteiger partial charge in [-0.15, -0.1) is 0 Å². The molecule has 314 valence electrons. The highest BCUT2D eigenvalue weighted by molar-refractivity contribution is 5.87. The van der Waals surface area contributed by atoms with Crippen LogP contribution in [-0.4, -0.2) is 80.3 Å². The van der Waals surface area contributed by atoms with E-state index in [9.17, 15) is 19.2 Å². The normalized spacial score (nSPS) is 16.2. The van der Waals surface area contributed by atoms with Gasteiger partial charge in [-0.05, 0) is 35.1 Å². The van der Waals surface area contributed by atoms with Crippen LogP contribution in [0.2, 0.25) is 0 Å². The Bertz CT molecular complexity index is 2100. The molecule has 0 unspecified atom stereocenters. The van der Waals surface area contributed by atoms with Crippen LogP contribution >= 0.6 is 0 Å². The van der Waals surface area contributed by atoms with E-state index in [0.717, 1.165) is 22.3 Å². The van der Waals surface area contributed by atoms with E-state index in [1.807, 2.05) is 121 Å². The van der Waals surface area contributed by atoms with Gasteiger partial charge in [-0.25, -0.2) is 19.6 Å². The number of nitrogens with one attached hydrogen (secondary N) is 6. The average Bonchev–Trinajstić information content (AvgIpc) is 3.59. The minimum Gasteiger partial charge on any atom is -0.445 e. The lowest BCUT2D eigenvalue weighted by atomic mass is 9.95. The first-order valence-electron chi connectivity index (χ1n) is 20.1. The topological polar surface area (TPSA) is 205 Å². The second-order valence-electron chi connectivity index (χ2n) is 14.8. The zero-order valence-corrected chi connectivity index (χ0v) is 33.3. The van der Waals surface area contributed by atoms with Crippen LogP contribution in [-0.2, 0) is 62.7 Å². The van der Waals surface area contributed by atoms with Crippen LogP contribution in [0.1, 0.15) is 33.6 Å². The zero-order chi connectivity index (χ0) is 42.2. The van der Waals surface area contributed by atoms with Crippen molar-refractivity contribution in [1.82, 2.24) is 41.2 Å². The lowest BCUT2D eigenvalue weighted by molar-refractivity contribution is -0.124. The number of epoxide rings is 1. The number of alkyl carbamates (subject to hydrolysis) is 2. The van der Waals surface area contributed by atoms with Crippen molar-refractivity contribution in [3.63, 3.8) is 0 Å². The van der Waals surface area contributed by atoms with Gasteiger partial charge in [0.2, 0.25) is 11.8 Å². The van der Waals surface area contributed by atoms with Gasteiger partial charge >= 0.3 is 12.2 Å². The fourth-order valence-electron chi connectivity index (χ4n) is 7.05. The van der Waals surface area contributed by atoms with Crippen molar-refractivity contribution in [2.75, 3.05) is 0 Å². The molecule has 6 aromatic rings. The summed E-state index contributed by atoms with van der Waals surface area (Å²) in [6, 6.07) is 34.6. The fourth-order valence-corrected chi connectivity index (χ4v) is 7.05. The number of imidazole rings is 2. The van der Waals surface area contributed by atoms with Crippen molar-refractivity contribution in [3.05, 3.63) is 180 Å². The number of carbonyl (C=O) groups is 4. The van der Waals surface area contributed by atoms with E-state index in [-0.39, 0.29) is 26.1 Å². The summed E-state index contributed by atoms with van der Waals surface area (Å²) in [6.45, 7) is 0.0575. The molecular weight excluding hydrogens is 777 g/mol. The Kier molecular flexibility index (Phi) is 14.5. The summed E-state index contributed by atoms with van der Waals surface area (Å²) in [5, 5.41) is 11.8. The molecule has 2 aromatic heterocycles. The van der Waals surface area contributed by atoms with Crippen LogP contribution in [0.4, 0.5) is 9.59 Å². The average molecular weight is 825 g/mol. The molecule has 3 heterocycles. The summed E-state index contributed by atoms with van der Waals surface area (Å²) in [6.07, 6.45) is 4.63. The monoisotopic (exact) mass is 824 g/mol. The summed E-state index contributed by atoms with van der Waals surface area (Å²) in [4.78, 5) is 68.8. The van der Waals surface area contributed by atoms with Crippen molar-refractivity contribution in [2.45, 2.75) is 75.3 Å². The van der Waals surface area contributed by atoms with Gasteiger partial charge in [0, 0.05) is 36.6 Å². The summed E-state index contributed by atoms with van der Waals surface area (Å²) in [5.74, 6) is -0.911. The maximum atomic E-state index is 14.2. The Labute approximate surface area is 353 Å². The van der Waals surface area contributed by atoms with Gasteiger partial charge in [0.25, 0.3) is 0 Å². The first-order valence-corrected chi connectivity index (χ1v) is 20.1. The summed E-state index contributed by atoms with van der Waals surface area (Å²) < 4.78 is 17.4. The number of hydrogen-bond donors (Lipinski definition) is 6. The van der Waals surface area contributed by atoms with Crippen LogP contribution in [0, 0.1) is 0 Å². The lowest BCUT2D eigenvalue weighted by Crippen LogP contribution is -2.54. The largest absolute Gasteiger partial charge is 0.445 e. The van der Waals surface area contributed by atoms with Crippen molar-refractivity contribution in [2.24, 2.45) is 0 Å². The minimum absolute atomic E-state index is 0.0287. The number of rotatable bonds is 20. The molecule has 15 nitrogen and oxygen atoms in total. The van der Waals surface area contributed by atoms with Gasteiger partial charge in [-0.3, -0.25) is 9.59 Å². The molecule has 0 radical (unpaired) electrons. The molecular formula is C46H48N8O7. The van der Waals surface area contributed by atoms with Gasteiger partial charge in [-0.2, -0.15) is 0 Å². The molecule has 6 N–H and O–H groups in total. The number of aromatic nitrogens is 4. The SMILES string of the molecule is O=C(N[C@@H](Cc1cnc[nH]1)C(=O)N[C@@H](Cc1ccccc1)[C@@H]1O[C@@H]1[C@H](Cc1ccccc1)NC(=O)[C@H](Cc1cnc[nH]1)NC(=O)OCc1ccccc1)OCc1ccccc1. The van der Waals surface area contributed by atoms with E-state index < -0.39 is 60.4 Å². The molecule has 0 saturated carbocycles. The minimum atomic E-state index is -1.03. The Morgan fingerprint density at radius 2 is 0.869 bits per heavy atom. The molecule has 1 aliphatic heterocycles. The number of benzene rings is 4. The van der Waals surface area contributed by atoms with Crippen LogP contribution < -0.4 is 21.3 Å². The first kappa shape index (κ1) is 41.9. The van der Waals surface area contributed by atoms with E-state index in [1.165, 1.54) is 12.7 Å². The maximum Gasteiger partial charge on any atom is 0.408 e. The van der Waals surface area contributed by atoms with Gasteiger partial charge < -0.3 is 45.4 Å². The summed E-state index contributed by atoms with van der Waals surface area (Å²) in [7, 11) is 0. The highest BCUT2D eigenvalue weighted by Gasteiger charge is 2.51. The Balaban J connectivity index is 1.08. The molecule has 0 aliphatic carbocycles. The number of H-pyrrole nitrogens is 2. The highest BCUT2D eigenvalue weighted by Crippen LogP contribution is 2.32. The third-order valence-corrected chi connectivity index (χ3v) is 10.2. The molecule has 6 atom stereocenters. The zero-order valence-electron chi connectivity index (χ0n) is 33.3. The van der Waals surface area contributed by atoms with Gasteiger partial charge in [0.15, 0.2) is 0 Å². The highest BCUT2D eigenvalue weighted by atomic mass is 16.6. The second kappa shape index (κ2) is 21.1. The van der Waals surface area contributed by atoms with Crippen LogP contribution in [0.3, 0.4) is 0 Å². The number of hydrogen-bond acceptors (Lipinski definition) is 9. The van der Waals surface area contributed by atoms with Crippen LogP contribution in [0.5, 0.6) is 0 Å². The van der Waals surface area contributed by atoms with Crippen molar-refractivity contribution < 1.29 is 33.4 Å². The molecule has 7 rings (SSSR count). The quantitative estimate of drug-likeness (QED) is 0.0589. The number of aromatic amines is 2. The van der Waals surface area contributed by atoms with Crippen molar-refractivity contribution >= 4 is 24.0 Å². The fraction of sp³-hybridized carbons (Fsp3) is 0.261. The van der Waals surface area contributed by atoms with Gasteiger partial charge in [0.1, 0.15) is 37.5 Å². The van der Waals surface area contributed by atoms with E-state index in [4.69, 9.17) is 14.2 Å². The number of amides is 4. The molecule has 0 spiro atoms. The van der Waals surface area contributed by atoms with Crippen molar-refractivity contribution in [1.29, 1.82) is 0 Å². The smallest absolute Gasteiger partial charge is 0.408 e. The second-order valence-corrected chi connectivity index (χ2v) is 14.8. The predicted octanol–water partition coefficient (Wildman–Crippen LogP) is 4.73. The first-order chi connectivity index (χ1) is 29.9. The number of ether oxygens (including phenoxy) is 3. The van der Waals surface area contributed by atoms with E-state index in [1.54, 1.807) is 12.4 Å². The summed E-state index contributed by atoms with van der Waals surface area (Å²) >= 11 is 0. The molecule has 1 saturated heterocycles. The van der Waals surface area contributed by atoms with Gasteiger partial charge in [-0.1, -0.05) is 121 Å². The maximum absolute atomic E-state index is 14.2. The number of nitrogens with zero attached hydrogens (tertiary/aromatic N) is 2. The van der Waals surface area contributed by atoms with Crippen LogP contribution in [0.15, 0.2) is 146 Å². The Morgan fingerprint density at radius 1 is 0.508 bits per heavy atom. The third kappa shape index (κ3) is 12.9. The Hall–Kier alpha value is -7.26. The standard InChI is InChI=1S/C46H48N8O7/c55-43(39(23-35-25-47-29-49-35)53-45(57)59-27-33-17-9-3-10-18-33)51-37(21-31-13-5-1-6-14-31)41-42(61-41)38(22-32-15-7-2-8-16-32)52-44(56)40(24-36-26-48-30-50-36)54-46(58)60-28-34-19-11-4-12-20-34/h1-20,25-26,29-30,37-42H,21-24,27-28H2,(H,47,49)(H,48,50)(H,51,55)(H,52,56)(H,53,57)(H,54,58)/t37-,38-,39-,40-,41-,42+/m0/s1.